The minimum Gasteiger partial charge on any atom is -0.258 e. The van der Waals surface area contributed by atoms with Crippen LogP contribution in [0, 0.1) is 5.92 Å². The first-order valence-corrected chi connectivity index (χ1v) is 9.87. The van der Waals surface area contributed by atoms with Crippen molar-refractivity contribution in [2.45, 2.75) is 30.0 Å². The van der Waals surface area contributed by atoms with E-state index in [-0.39, 0.29) is 10.7 Å². The number of hydrogen-bond acceptors (Lipinski definition) is 5. The van der Waals surface area contributed by atoms with E-state index < -0.39 is 9.84 Å². The van der Waals surface area contributed by atoms with E-state index in [1.807, 2.05) is 18.2 Å². The molecule has 2 bridgehead atoms. The smallest absolute Gasteiger partial charge is 0.247 e. The monoisotopic (exact) mass is 340 g/mol. The molecule has 0 amide bonds. The predicted molar refractivity (Wildman–Crippen MR) is 89.2 cm³/mol. The van der Waals surface area contributed by atoms with Crippen LogP contribution in [0.5, 0.6) is 0 Å². The van der Waals surface area contributed by atoms with Gasteiger partial charge in [-0.25, -0.2) is 18.4 Å². The Hall–Kier alpha value is -2.28. The van der Waals surface area contributed by atoms with Gasteiger partial charge in [0, 0.05) is 17.8 Å². The van der Waals surface area contributed by atoms with Crippen molar-refractivity contribution in [3.8, 4) is 11.4 Å². The number of sulfone groups is 1. The zero-order valence-corrected chi connectivity index (χ0v) is 14.0. The minimum atomic E-state index is -3.45. The van der Waals surface area contributed by atoms with Crippen LogP contribution in [0.1, 0.15) is 19.3 Å². The normalized spacial score (nSPS) is 25.3. The Balaban J connectivity index is 1.73. The van der Waals surface area contributed by atoms with Gasteiger partial charge in [-0.1, -0.05) is 18.2 Å². The van der Waals surface area contributed by atoms with Gasteiger partial charge in [-0.3, -0.25) is 4.68 Å². The molecule has 0 atom stereocenters. The zero-order valence-electron chi connectivity index (χ0n) is 13.2. The molecule has 3 aromatic rings. The molecule has 0 radical (unpaired) electrons. The molecular weight excluding hydrogens is 324 g/mol. The van der Waals surface area contributed by atoms with Gasteiger partial charge in [0.05, 0.1) is 16.7 Å². The van der Waals surface area contributed by atoms with Crippen molar-refractivity contribution >= 4 is 20.7 Å². The average molecular weight is 340 g/mol. The fraction of sp³-hybridized carbons (Fsp3) is 0.353. The molecule has 7 heteroatoms. The average Bonchev–Trinajstić information content (AvgIpc) is 2.84. The van der Waals surface area contributed by atoms with Crippen molar-refractivity contribution in [2.24, 2.45) is 5.92 Å². The molecule has 6 rings (SSSR count). The fourth-order valence-corrected chi connectivity index (χ4v) is 4.48. The third kappa shape index (κ3) is 1.81. The highest BCUT2D eigenvalue weighted by Crippen LogP contribution is 2.62. The Morgan fingerprint density at radius 3 is 2.58 bits per heavy atom. The second-order valence-corrected chi connectivity index (χ2v) is 8.89. The summed E-state index contributed by atoms with van der Waals surface area (Å²) in [4.78, 5) is 8.11. The maximum atomic E-state index is 11.8. The number of hydrogen-bond donors (Lipinski definition) is 0. The van der Waals surface area contributed by atoms with Gasteiger partial charge in [-0.15, -0.1) is 0 Å². The van der Waals surface area contributed by atoms with Crippen LogP contribution in [0.15, 0.2) is 41.7 Å². The largest absolute Gasteiger partial charge is 0.258 e. The van der Waals surface area contributed by atoms with Gasteiger partial charge in [-0.05, 0) is 37.3 Å². The Morgan fingerprint density at radius 2 is 1.92 bits per heavy atom. The van der Waals surface area contributed by atoms with Crippen molar-refractivity contribution < 1.29 is 8.42 Å². The quantitative estimate of drug-likeness (QED) is 0.684. The first-order valence-electron chi connectivity index (χ1n) is 7.98. The topological polar surface area (TPSA) is 77.7 Å². The second-order valence-electron chi connectivity index (χ2n) is 6.98. The third-order valence-corrected chi connectivity index (χ3v) is 6.11. The molecule has 3 saturated carbocycles. The van der Waals surface area contributed by atoms with E-state index in [0.717, 1.165) is 28.8 Å². The van der Waals surface area contributed by atoms with E-state index in [2.05, 4.69) is 20.7 Å². The summed E-state index contributed by atoms with van der Waals surface area (Å²) in [6.07, 6.45) is 6.17. The Kier molecular flexibility index (Phi) is 2.59. The van der Waals surface area contributed by atoms with Crippen molar-refractivity contribution in [3.63, 3.8) is 0 Å². The number of aromatic nitrogens is 4. The summed E-state index contributed by atoms with van der Waals surface area (Å²) < 4.78 is 25.7. The number of benzene rings is 1. The molecule has 0 saturated heterocycles. The van der Waals surface area contributed by atoms with Crippen LogP contribution in [-0.4, -0.2) is 34.4 Å². The van der Waals surface area contributed by atoms with E-state index in [1.165, 1.54) is 25.5 Å². The maximum absolute atomic E-state index is 11.8. The summed E-state index contributed by atoms with van der Waals surface area (Å²) >= 11 is 0. The molecule has 6 nitrogen and oxygen atoms in total. The number of nitrogens with zero attached hydrogens (tertiary/aromatic N) is 4. The van der Waals surface area contributed by atoms with Crippen LogP contribution < -0.4 is 0 Å². The molecular formula is C17H16N4O2S. The molecule has 122 valence electrons. The van der Waals surface area contributed by atoms with Crippen LogP contribution in [0.2, 0.25) is 0 Å². The van der Waals surface area contributed by atoms with Gasteiger partial charge in [0.2, 0.25) is 15.0 Å². The summed E-state index contributed by atoms with van der Waals surface area (Å²) in [5.74, 6) is 0.854. The molecule has 24 heavy (non-hydrogen) atoms. The Labute approximate surface area is 139 Å². The van der Waals surface area contributed by atoms with E-state index in [0.29, 0.717) is 5.69 Å². The summed E-state index contributed by atoms with van der Waals surface area (Å²) in [6, 6.07) is 9.79. The highest BCUT2D eigenvalue weighted by atomic mass is 32.2. The molecule has 0 spiro atoms. The maximum Gasteiger partial charge on any atom is 0.247 e. The molecule has 3 aliphatic rings. The molecule has 0 unspecified atom stereocenters. The highest BCUT2D eigenvalue weighted by Gasteiger charge is 2.59. The SMILES string of the molecule is CS(=O)(=O)c1nccc(-c2nn(C34CC(C3)C4)c3ccccc23)n1. The lowest BCUT2D eigenvalue weighted by molar-refractivity contribution is -0.0942. The lowest BCUT2D eigenvalue weighted by Crippen LogP contribution is -2.59. The number of para-hydroxylation sites is 1. The first kappa shape index (κ1) is 14.1. The summed E-state index contributed by atoms with van der Waals surface area (Å²) in [6.45, 7) is 0. The van der Waals surface area contributed by atoms with E-state index in [9.17, 15) is 8.42 Å². The molecule has 0 N–H and O–H groups in total. The van der Waals surface area contributed by atoms with Gasteiger partial charge < -0.3 is 0 Å². The molecule has 0 aliphatic heterocycles. The van der Waals surface area contributed by atoms with E-state index >= 15 is 0 Å². The molecule has 1 aromatic carbocycles. The first-order chi connectivity index (χ1) is 11.5. The van der Waals surface area contributed by atoms with Crippen molar-refractivity contribution in [1.29, 1.82) is 0 Å². The highest BCUT2D eigenvalue weighted by molar-refractivity contribution is 7.90. The standard InChI is InChI=1S/C17H16N4O2S/c1-24(22,23)16-18-7-6-13(19-16)15-12-4-2-3-5-14(12)21(20-15)17-8-11(9-17)10-17/h2-7,11H,8-10H2,1H3. The summed E-state index contributed by atoms with van der Waals surface area (Å²) in [7, 11) is -3.45. The van der Waals surface area contributed by atoms with Crippen LogP contribution in [-0.2, 0) is 15.4 Å². The van der Waals surface area contributed by atoms with Crippen LogP contribution in [0.4, 0.5) is 0 Å². The molecule has 2 aromatic heterocycles. The summed E-state index contributed by atoms with van der Waals surface area (Å²) in [5.41, 5.74) is 2.52. The summed E-state index contributed by atoms with van der Waals surface area (Å²) in [5, 5.41) is 5.68. The minimum absolute atomic E-state index is 0.162. The fourth-order valence-electron chi connectivity index (χ4n) is 3.96. The van der Waals surface area contributed by atoms with E-state index in [1.54, 1.807) is 6.07 Å². The van der Waals surface area contributed by atoms with Crippen molar-refractivity contribution in [2.75, 3.05) is 6.26 Å². The van der Waals surface area contributed by atoms with Crippen molar-refractivity contribution in [3.05, 3.63) is 36.5 Å². The predicted octanol–water partition coefficient (Wildman–Crippen LogP) is 2.41. The van der Waals surface area contributed by atoms with Gasteiger partial charge in [0.25, 0.3) is 0 Å². The van der Waals surface area contributed by atoms with Crippen LogP contribution in [0.25, 0.3) is 22.3 Å². The number of fused-ring (bicyclic) bond motifs is 1. The van der Waals surface area contributed by atoms with Gasteiger partial charge in [0.1, 0.15) is 5.69 Å². The van der Waals surface area contributed by atoms with Crippen molar-refractivity contribution in [1.82, 2.24) is 19.7 Å². The number of rotatable bonds is 3. The van der Waals surface area contributed by atoms with Gasteiger partial charge in [-0.2, -0.15) is 5.10 Å². The Morgan fingerprint density at radius 1 is 1.17 bits per heavy atom. The molecule has 3 fully saturated rings. The van der Waals surface area contributed by atoms with Crippen LogP contribution >= 0.6 is 0 Å². The molecule has 3 aliphatic carbocycles. The Bertz CT molecular complexity index is 1070. The van der Waals surface area contributed by atoms with Gasteiger partial charge >= 0.3 is 0 Å². The zero-order chi connectivity index (χ0) is 16.5. The lowest BCUT2D eigenvalue weighted by Gasteiger charge is -2.61. The third-order valence-electron chi connectivity index (χ3n) is 5.25. The molecule has 2 heterocycles. The van der Waals surface area contributed by atoms with Crippen LogP contribution in [0.3, 0.4) is 0 Å². The second kappa shape index (κ2) is 4.42. The van der Waals surface area contributed by atoms with Gasteiger partial charge in [0.15, 0.2) is 0 Å². The lowest BCUT2D eigenvalue weighted by atomic mass is 9.50. The van der Waals surface area contributed by atoms with E-state index in [4.69, 9.17) is 5.10 Å².